The lowest BCUT2D eigenvalue weighted by atomic mass is 10.0. The molecule has 0 saturated carbocycles. The van der Waals surface area contributed by atoms with Crippen molar-refractivity contribution in [2.24, 2.45) is 0 Å². The van der Waals surface area contributed by atoms with Gasteiger partial charge in [-0.3, -0.25) is 4.18 Å². The van der Waals surface area contributed by atoms with E-state index >= 15 is 0 Å². The van der Waals surface area contributed by atoms with E-state index in [0.717, 1.165) is 20.0 Å². The molecule has 0 heterocycles. The van der Waals surface area contributed by atoms with Crippen molar-refractivity contribution in [3.05, 3.63) is 25.3 Å². The minimum Gasteiger partial charge on any atom is -0.266 e. The van der Waals surface area contributed by atoms with Crippen LogP contribution in [-0.2, 0) is 14.3 Å². The summed E-state index contributed by atoms with van der Waals surface area (Å²) in [6.45, 7) is 2.54. The van der Waals surface area contributed by atoms with Gasteiger partial charge in [0.2, 0.25) is 0 Å². The molecule has 0 aliphatic carbocycles. The van der Waals surface area contributed by atoms with Crippen LogP contribution in [0.2, 0.25) is 0 Å². The van der Waals surface area contributed by atoms with Gasteiger partial charge in [0, 0.05) is 7.14 Å². The van der Waals surface area contributed by atoms with Gasteiger partial charge in [0.25, 0.3) is 10.1 Å². The first-order chi connectivity index (χ1) is 13.0. The van der Waals surface area contributed by atoms with E-state index in [1.807, 2.05) is 6.07 Å². The summed E-state index contributed by atoms with van der Waals surface area (Å²) >= 11 is 4.25. The minimum atomic E-state index is -3.63. The zero-order chi connectivity index (χ0) is 20.0. The van der Waals surface area contributed by atoms with Crippen molar-refractivity contribution in [1.82, 2.24) is 0 Å². The largest absolute Gasteiger partial charge is 0.297 e. The highest BCUT2D eigenvalue weighted by atomic mass is 127. The molecule has 156 valence electrons. The fourth-order valence-electron chi connectivity index (χ4n) is 3.03. The summed E-state index contributed by atoms with van der Waals surface area (Å²) in [6, 6.07) is 5.25. The van der Waals surface area contributed by atoms with Crippen molar-refractivity contribution < 1.29 is 12.6 Å². The van der Waals surface area contributed by atoms with E-state index in [0.29, 0.717) is 0 Å². The predicted octanol–water partition coefficient (Wildman–Crippen LogP) is 7.69. The number of unbranched alkanes of at least 4 members (excludes halogenated alkanes) is 12. The second-order valence-electron chi connectivity index (χ2n) is 7.12. The smallest absolute Gasteiger partial charge is 0.266 e. The molecule has 3 nitrogen and oxygen atoms in total. The Kier molecular flexibility index (Phi) is 14.6. The monoisotopic (exact) mass is 620 g/mol. The molecule has 0 spiro atoms. The number of rotatable bonds is 16. The van der Waals surface area contributed by atoms with Gasteiger partial charge in [0.05, 0.1) is 11.5 Å². The van der Waals surface area contributed by atoms with E-state index in [9.17, 15) is 8.42 Å². The highest BCUT2D eigenvalue weighted by Gasteiger charge is 2.16. The van der Waals surface area contributed by atoms with Gasteiger partial charge in [-0.05, 0) is 69.8 Å². The fraction of sp³-hybridized carbons (Fsp3) is 0.714. The fourth-order valence-corrected chi connectivity index (χ4v) is 6.41. The van der Waals surface area contributed by atoms with Crippen LogP contribution in [0.5, 0.6) is 0 Å². The van der Waals surface area contributed by atoms with Crippen LogP contribution in [0.1, 0.15) is 90.4 Å². The number of hydrogen-bond donors (Lipinski definition) is 0. The topological polar surface area (TPSA) is 43.4 Å². The van der Waals surface area contributed by atoms with Crippen LogP contribution in [0.25, 0.3) is 0 Å². The van der Waals surface area contributed by atoms with Crippen molar-refractivity contribution in [3.63, 3.8) is 0 Å². The van der Waals surface area contributed by atoms with Crippen molar-refractivity contribution in [1.29, 1.82) is 0 Å². The average molecular weight is 620 g/mol. The van der Waals surface area contributed by atoms with E-state index in [2.05, 4.69) is 52.1 Å². The number of benzene rings is 1. The molecular formula is C21H34I2O3S. The van der Waals surface area contributed by atoms with Crippen LogP contribution in [0.4, 0.5) is 0 Å². The summed E-state index contributed by atoms with van der Waals surface area (Å²) in [7, 11) is -3.63. The SMILES string of the molecule is CCCCCCCCCCCCCCCOS(=O)(=O)c1cc(I)cc(I)c1. The maximum atomic E-state index is 12.2. The van der Waals surface area contributed by atoms with Crippen molar-refractivity contribution in [2.75, 3.05) is 6.61 Å². The Morgan fingerprint density at radius 2 is 1.11 bits per heavy atom. The van der Waals surface area contributed by atoms with Crippen LogP contribution in [-0.4, -0.2) is 15.0 Å². The van der Waals surface area contributed by atoms with E-state index in [1.165, 1.54) is 70.6 Å². The molecule has 1 aromatic rings. The maximum Gasteiger partial charge on any atom is 0.297 e. The first-order valence-electron chi connectivity index (χ1n) is 10.3. The van der Waals surface area contributed by atoms with Crippen molar-refractivity contribution in [2.45, 2.75) is 95.3 Å². The van der Waals surface area contributed by atoms with Gasteiger partial charge >= 0.3 is 0 Å². The first kappa shape index (κ1) is 25.6. The van der Waals surface area contributed by atoms with Gasteiger partial charge in [-0.25, -0.2) is 0 Å². The molecule has 0 bridgehead atoms. The second kappa shape index (κ2) is 15.4. The quantitative estimate of drug-likeness (QED) is 0.108. The predicted molar refractivity (Wildman–Crippen MR) is 131 cm³/mol. The zero-order valence-electron chi connectivity index (χ0n) is 16.5. The molecule has 27 heavy (non-hydrogen) atoms. The van der Waals surface area contributed by atoms with Crippen LogP contribution in [0.3, 0.4) is 0 Å². The van der Waals surface area contributed by atoms with Gasteiger partial charge in [-0.1, -0.05) is 84.0 Å². The standard InChI is InChI=1S/C21H34I2O3S/c1-2-3-4-5-6-7-8-9-10-11-12-13-14-15-26-27(24,25)21-17-19(22)16-20(23)18-21/h16-18H,2-15H2,1H3. The van der Waals surface area contributed by atoms with E-state index in [4.69, 9.17) is 4.18 Å². The van der Waals surface area contributed by atoms with E-state index in [1.54, 1.807) is 12.1 Å². The molecule has 0 aromatic heterocycles. The lowest BCUT2D eigenvalue weighted by molar-refractivity contribution is 0.306. The Labute approximate surface area is 193 Å². The van der Waals surface area contributed by atoms with Crippen LogP contribution >= 0.6 is 45.2 Å². The van der Waals surface area contributed by atoms with Gasteiger partial charge in [0.15, 0.2) is 0 Å². The molecule has 0 fully saturated rings. The first-order valence-corrected chi connectivity index (χ1v) is 13.9. The van der Waals surface area contributed by atoms with Crippen molar-refractivity contribution in [3.8, 4) is 0 Å². The normalized spacial score (nSPS) is 11.8. The molecule has 0 radical (unpaired) electrons. The van der Waals surface area contributed by atoms with E-state index < -0.39 is 10.1 Å². The molecule has 6 heteroatoms. The lowest BCUT2D eigenvalue weighted by Crippen LogP contribution is -2.08. The maximum absolute atomic E-state index is 12.2. The van der Waals surface area contributed by atoms with Gasteiger partial charge < -0.3 is 0 Å². The molecule has 0 aliphatic heterocycles. The third-order valence-electron chi connectivity index (χ3n) is 4.61. The zero-order valence-corrected chi connectivity index (χ0v) is 21.7. The Bertz CT molecular complexity index is 598. The summed E-state index contributed by atoms with van der Waals surface area (Å²) in [6.07, 6.45) is 16.5. The average Bonchev–Trinajstić information content (AvgIpc) is 2.61. The minimum absolute atomic E-state index is 0.258. The molecule has 0 atom stereocenters. The molecule has 0 saturated heterocycles. The van der Waals surface area contributed by atoms with Crippen LogP contribution in [0.15, 0.2) is 23.1 Å². The summed E-state index contributed by atoms with van der Waals surface area (Å²) in [5, 5.41) is 0. The highest BCUT2D eigenvalue weighted by Crippen LogP contribution is 2.20. The van der Waals surface area contributed by atoms with E-state index in [-0.39, 0.29) is 11.5 Å². The number of halogens is 2. The molecule has 0 aliphatic rings. The summed E-state index contributed by atoms with van der Waals surface area (Å²) in [4.78, 5) is 0.258. The third kappa shape index (κ3) is 12.7. The Balaban J connectivity index is 2.01. The summed E-state index contributed by atoms with van der Waals surface area (Å²) in [5.74, 6) is 0. The molecule has 0 amide bonds. The van der Waals surface area contributed by atoms with Gasteiger partial charge in [0.1, 0.15) is 0 Å². The molecule has 1 rings (SSSR count). The summed E-state index contributed by atoms with van der Waals surface area (Å²) in [5.41, 5.74) is 0. The Morgan fingerprint density at radius 3 is 1.56 bits per heavy atom. The van der Waals surface area contributed by atoms with Crippen molar-refractivity contribution >= 4 is 55.3 Å². The van der Waals surface area contributed by atoms with Crippen LogP contribution < -0.4 is 0 Å². The third-order valence-corrected chi connectivity index (χ3v) is 7.15. The van der Waals surface area contributed by atoms with Crippen LogP contribution in [0, 0.1) is 7.14 Å². The molecule has 0 unspecified atom stereocenters. The second-order valence-corrected chi connectivity index (χ2v) is 11.2. The highest BCUT2D eigenvalue weighted by molar-refractivity contribution is 14.1. The molecular weight excluding hydrogens is 586 g/mol. The van der Waals surface area contributed by atoms with Gasteiger partial charge in [-0.15, -0.1) is 0 Å². The summed E-state index contributed by atoms with van der Waals surface area (Å²) < 4.78 is 31.5. The molecule has 1 aromatic carbocycles. The van der Waals surface area contributed by atoms with Gasteiger partial charge in [-0.2, -0.15) is 8.42 Å². The molecule has 0 N–H and O–H groups in total. The number of hydrogen-bond acceptors (Lipinski definition) is 3. The Morgan fingerprint density at radius 1 is 0.704 bits per heavy atom. The lowest BCUT2D eigenvalue weighted by Gasteiger charge is -2.07. The Hall–Kier alpha value is 0.590.